The van der Waals surface area contributed by atoms with Crippen molar-refractivity contribution < 1.29 is 9.53 Å². The van der Waals surface area contributed by atoms with Crippen molar-refractivity contribution in [2.75, 3.05) is 33.3 Å². The van der Waals surface area contributed by atoms with Crippen LogP contribution in [0.5, 0.6) is 5.75 Å². The highest BCUT2D eigenvalue weighted by atomic mass is 16.5. The average molecular weight is 305 g/mol. The lowest BCUT2D eigenvalue weighted by molar-refractivity contribution is -0.122. The Morgan fingerprint density at radius 1 is 1.36 bits per heavy atom. The SMILES string of the molecule is CCOc1cccc(CNC2CCN(CC(=O)NC)CC2)c1. The molecule has 2 N–H and O–H groups in total. The predicted octanol–water partition coefficient (Wildman–Crippen LogP) is 1.39. The molecule has 5 heteroatoms. The molecule has 1 fully saturated rings. The van der Waals surface area contributed by atoms with Gasteiger partial charge >= 0.3 is 0 Å². The van der Waals surface area contributed by atoms with E-state index in [2.05, 4.69) is 27.7 Å². The van der Waals surface area contributed by atoms with Crippen LogP contribution >= 0.6 is 0 Å². The quantitative estimate of drug-likeness (QED) is 0.799. The number of benzene rings is 1. The number of carbonyl (C=O) groups excluding carboxylic acids is 1. The van der Waals surface area contributed by atoms with Crippen LogP contribution in [0.15, 0.2) is 24.3 Å². The van der Waals surface area contributed by atoms with Crippen LogP contribution in [-0.4, -0.2) is 50.1 Å². The minimum absolute atomic E-state index is 0.0964. The smallest absolute Gasteiger partial charge is 0.233 e. The van der Waals surface area contributed by atoms with E-state index in [-0.39, 0.29) is 5.91 Å². The molecule has 0 aliphatic carbocycles. The number of ether oxygens (including phenoxy) is 1. The van der Waals surface area contributed by atoms with Gasteiger partial charge in [0.05, 0.1) is 13.2 Å². The van der Waals surface area contributed by atoms with Crippen LogP contribution in [0.3, 0.4) is 0 Å². The van der Waals surface area contributed by atoms with Gasteiger partial charge in [-0.15, -0.1) is 0 Å². The van der Waals surface area contributed by atoms with E-state index < -0.39 is 0 Å². The molecule has 0 atom stereocenters. The molecule has 0 spiro atoms. The first kappa shape index (κ1) is 16.8. The number of rotatable bonds is 7. The van der Waals surface area contributed by atoms with Crippen molar-refractivity contribution in [1.29, 1.82) is 0 Å². The monoisotopic (exact) mass is 305 g/mol. The van der Waals surface area contributed by atoms with Gasteiger partial charge in [-0.05, 0) is 37.5 Å². The van der Waals surface area contributed by atoms with E-state index in [4.69, 9.17) is 4.74 Å². The highest BCUT2D eigenvalue weighted by Gasteiger charge is 2.19. The molecule has 0 bridgehead atoms. The highest BCUT2D eigenvalue weighted by Crippen LogP contribution is 2.15. The molecule has 22 heavy (non-hydrogen) atoms. The van der Waals surface area contributed by atoms with Crippen LogP contribution < -0.4 is 15.4 Å². The minimum Gasteiger partial charge on any atom is -0.494 e. The lowest BCUT2D eigenvalue weighted by Gasteiger charge is -2.31. The standard InChI is InChI=1S/C17H27N3O2/c1-3-22-16-6-4-5-14(11-16)12-19-15-7-9-20(10-8-15)13-17(21)18-2/h4-6,11,15,19H,3,7-10,12-13H2,1-2H3,(H,18,21). The lowest BCUT2D eigenvalue weighted by atomic mass is 10.0. The third-order valence-electron chi connectivity index (χ3n) is 4.04. The van der Waals surface area contributed by atoms with Gasteiger partial charge in [0.25, 0.3) is 0 Å². The summed E-state index contributed by atoms with van der Waals surface area (Å²) in [5.74, 6) is 1.03. The Morgan fingerprint density at radius 3 is 2.82 bits per heavy atom. The maximum atomic E-state index is 11.4. The van der Waals surface area contributed by atoms with Gasteiger partial charge in [-0.2, -0.15) is 0 Å². The summed E-state index contributed by atoms with van der Waals surface area (Å²) in [5.41, 5.74) is 1.25. The Balaban J connectivity index is 1.72. The van der Waals surface area contributed by atoms with Crippen molar-refractivity contribution in [3.8, 4) is 5.75 Å². The summed E-state index contributed by atoms with van der Waals surface area (Å²) in [7, 11) is 1.69. The van der Waals surface area contributed by atoms with Crippen LogP contribution in [0.4, 0.5) is 0 Å². The van der Waals surface area contributed by atoms with E-state index in [1.54, 1.807) is 7.05 Å². The molecular weight excluding hydrogens is 278 g/mol. The zero-order valence-electron chi connectivity index (χ0n) is 13.6. The summed E-state index contributed by atoms with van der Waals surface area (Å²) < 4.78 is 5.53. The number of hydrogen-bond acceptors (Lipinski definition) is 4. The topological polar surface area (TPSA) is 53.6 Å². The number of nitrogens with zero attached hydrogens (tertiary/aromatic N) is 1. The average Bonchev–Trinajstić information content (AvgIpc) is 2.55. The molecule has 1 aromatic carbocycles. The normalized spacial score (nSPS) is 16.5. The molecule has 0 unspecified atom stereocenters. The van der Waals surface area contributed by atoms with Crippen LogP contribution in [0.25, 0.3) is 0 Å². The fourth-order valence-electron chi connectivity index (χ4n) is 2.75. The van der Waals surface area contributed by atoms with Gasteiger partial charge in [-0.1, -0.05) is 12.1 Å². The zero-order valence-corrected chi connectivity index (χ0v) is 13.6. The molecule has 5 nitrogen and oxygen atoms in total. The maximum absolute atomic E-state index is 11.4. The first-order chi connectivity index (χ1) is 10.7. The summed E-state index contributed by atoms with van der Waals surface area (Å²) in [6.45, 7) is 6.02. The van der Waals surface area contributed by atoms with Gasteiger partial charge in [-0.25, -0.2) is 0 Å². The van der Waals surface area contributed by atoms with Crippen molar-refractivity contribution in [3.63, 3.8) is 0 Å². The Morgan fingerprint density at radius 2 is 2.14 bits per heavy atom. The molecule has 1 aliphatic heterocycles. The molecule has 1 saturated heterocycles. The summed E-state index contributed by atoms with van der Waals surface area (Å²) in [6, 6.07) is 8.77. The largest absolute Gasteiger partial charge is 0.494 e. The first-order valence-corrected chi connectivity index (χ1v) is 8.09. The summed E-state index contributed by atoms with van der Waals surface area (Å²) >= 11 is 0. The summed E-state index contributed by atoms with van der Waals surface area (Å²) in [6.07, 6.45) is 2.17. The van der Waals surface area contributed by atoms with Crippen LogP contribution in [-0.2, 0) is 11.3 Å². The van der Waals surface area contributed by atoms with E-state index in [0.29, 0.717) is 19.2 Å². The number of amides is 1. The van der Waals surface area contributed by atoms with Crippen molar-refractivity contribution >= 4 is 5.91 Å². The molecule has 1 aromatic rings. The van der Waals surface area contributed by atoms with Gasteiger partial charge in [0, 0.05) is 32.7 Å². The van der Waals surface area contributed by atoms with E-state index in [1.165, 1.54) is 5.56 Å². The van der Waals surface area contributed by atoms with E-state index in [1.807, 2.05) is 19.1 Å². The third kappa shape index (κ3) is 5.31. The number of hydrogen-bond donors (Lipinski definition) is 2. The van der Waals surface area contributed by atoms with Crippen molar-refractivity contribution in [1.82, 2.24) is 15.5 Å². The van der Waals surface area contributed by atoms with Gasteiger partial charge in [0.1, 0.15) is 5.75 Å². The maximum Gasteiger partial charge on any atom is 0.233 e. The van der Waals surface area contributed by atoms with E-state index in [0.717, 1.165) is 38.2 Å². The highest BCUT2D eigenvalue weighted by molar-refractivity contribution is 5.77. The van der Waals surface area contributed by atoms with Gasteiger partial charge in [-0.3, -0.25) is 9.69 Å². The number of carbonyl (C=O) groups is 1. The molecule has 2 rings (SSSR count). The molecular formula is C17H27N3O2. The van der Waals surface area contributed by atoms with Crippen LogP contribution in [0, 0.1) is 0 Å². The fourth-order valence-corrected chi connectivity index (χ4v) is 2.75. The summed E-state index contributed by atoms with van der Waals surface area (Å²) in [5, 5.41) is 6.29. The van der Waals surface area contributed by atoms with Crippen molar-refractivity contribution in [3.05, 3.63) is 29.8 Å². The molecule has 0 aromatic heterocycles. The third-order valence-corrected chi connectivity index (χ3v) is 4.04. The Bertz CT molecular complexity index is 471. The number of likely N-dealkylation sites (tertiary alicyclic amines) is 1. The Labute approximate surface area is 133 Å². The van der Waals surface area contributed by atoms with Gasteiger partial charge in [0.15, 0.2) is 0 Å². The molecule has 122 valence electrons. The van der Waals surface area contributed by atoms with Gasteiger partial charge < -0.3 is 15.4 Å². The second-order valence-corrected chi connectivity index (χ2v) is 5.68. The molecule has 1 aliphatic rings. The predicted molar refractivity (Wildman–Crippen MR) is 88.0 cm³/mol. The Kier molecular flexibility index (Phi) is 6.68. The van der Waals surface area contributed by atoms with E-state index >= 15 is 0 Å². The minimum atomic E-state index is 0.0964. The number of likely N-dealkylation sites (N-methyl/N-ethyl adjacent to an activating group) is 1. The number of piperidine rings is 1. The summed E-state index contributed by atoms with van der Waals surface area (Å²) in [4.78, 5) is 13.6. The van der Waals surface area contributed by atoms with E-state index in [9.17, 15) is 4.79 Å². The lowest BCUT2D eigenvalue weighted by Crippen LogP contribution is -2.45. The van der Waals surface area contributed by atoms with Gasteiger partial charge in [0.2, 0.25) is 5.91 Å². The molecule has 1 heterocycles. The van der Waals surface area contributed by atoms with Crippen LogP contribution in [0.2, 0.25) is 0 Å². The Hall–Kier alpha value is -1.59. The zero-order chi connectivity index (χ0) is 15.8. The second-order valence-electron chi connectivity index (χ2n) is 5.68. The van der Waals surface area contributed by atoms with Crippen molar-refractivity contribution in [2.24, 2.45) is 0 Å². The molecule has 1 amide bonds. The van der Waals surface area contributed by atoms with Crippen LogP contribution in [0.1, 0.15) is 25.3 Å². The fraction of sp³-hybridized carbons (Fsp3) is 0.588. The molecule has 0 radical (unpaired) electrons. The first-order valence-electron chi connectivity index (χ1n) is 8.09. The second kappa shape index (κ2) is 8.76. The molecule has 0 saturated carbocycles. The number of nitrogens with one attached hydrogen (secondary N) is 2. The van der Waals surface area contributed by atoms with Crippen molar-refractivity contribution in [2.45, 2.75) is 32.4 Å².